The molecule has 0 bridgehead atoms. The van der Waals surface area contributed by atoms with Gasteiger partial charge in [-0.2, -0.15) is 0 Å². The molecule has 4 N–H and O–H groups in total. The Morgan fingerprint density at radius 1 is 1.33 bits per heavy atom. The third-order valence-electron chi connectivity index (χ3n) is 3.27. The van der Waals surface area contributed by atoms with Crippen LogP contribution in [0.3, 0.4) is 0 Å². The normalized spacial score (nSPS) is 13.4. The Balaban J connectivity index is 1.92. The molecule has 0 aliphatic rings. The molecule has 2 atom stereocenters. The predicted octanol–water partition coefficient (Wildman–Crippen LogP) is 1.53. The number of rotatable bonds is 5. The van der Waals surface area contributed by atoms with Crippen LogP contribution < -0.4 is 11.1 Å². The molecule has 2 aromatic rings. The first-order chi connectivity index (χ1) is 10.1. The highest BCUT2D eigenvalue weighted by Crippen LogP contribution is 2.12. The number of carbonyl (C=O) groups excluding carboxylic acids is 1. The zero-order chi connectivity index (χ0) is 15.2. The molecule has 0 aliphatic carbocycles. The minimum absolute atomic E-state index is 0.142. The van der Waals surface area contributed by atoms with E-state index in [1.807, 2.05) is 19.1 Å². The van der Waals surface area contributed by atoms with Crippen LogP contribution in [0.5, 0.6) is 5.75 Å². The standard InChI is InChI=1S/C16H19N3O2/c1-11(13-3-2-8-18-10-13)19-16(21)15(17)9-12-4-6-14(20)7-5-12/h2-8,10-11,15,20H,9,17H2,1H3,(H,19,21)/t11-,15?/m0/s1. The highest BCUT2D eigenvalue weighted by molar-refractivity contribution is 5.82. The van der Waals surface area contributed by atoms with Gasteiger partial charge in [-0.15, -0.1) is 0 Å². The van der Waals surface area contributed by atoms with E-state index in [0.29, 0.717) is 6.42 Å². The second kappa shape index (κ2) is 6.85. The number of phenols is 1. The zero-order valence-electron chi connectivity index (χ0n) is 11.9. The van der Waals surface area contributed by atoms with E-state index in [0.717, 1.165) is 11.1 Å². The molecule has 0 fully saturated rings. The monoisotopic (exact) mass is 285 g/mol. The molecule has 1 aromatic carbocycles. The SMILES string of the molecule is C[C@H](NC(=O)C(N)Cc1ccc(O)cc1)c1cccnc1. The van der Waals surface area contributed by atoms with E-state index < -0.39 is 6.04 Å². The number of benzene rings is 1. The van der Waals surface area contributed by atoms with E-state index in [2.05, 4.69) is 10.3 Å². The topological polar surface area (TPSA) is 88.2 Å². The third kappa shape index (κ3) is 4.29. The molecular formula is C16H19N3O2. The van der Waals surface area contributed by atoms with E-state index in [1.54, 1.807) is 36.7 Å². The predicted molar refractivity (Wildman–Crippen MR) is 80.6 cm³/mol. The van der Waals surface area contributed by atoms with E-state index >= 15 is 0 Å². The molecule has 0 saturated heterocycles. The van der Waals surface area contributed by atoms with Crippen molar-refractivity contribution in [3.63, 3.8) is 0 Å². The second-order valence-corrected chi connectivity index (χ2v) is 4.99. The van der Waals surface area contributed by atoms with Crippen LogP contribution >= 0.6 is 0 Å². The van der Waals surface area contributed by atoms with Crippen LogP contribution in [0.4, 0.5) is 0 Å². The Morgan fingerprint density at radius 3 is 2.67 bits per heavy atom. The van der Waals surface area contributed by atoms with Crippen LogP contribution in [0, 0.1) is 0 Å². The van der Waals surface area contributed by atoms with Crippen molar-refractivity contribution in [3.05, 3.63) is 59.9 Å². The average Bonchev–Trinajstić information content (AvgIpc) is 2.50. The molecule has 5 nitrogen and oxygen atoms in total. The van der Waals surface area contributed by atoms with E-state index in [9.17, 15) is 9.90 Å². The summed E-state index contributed by atoms with van der Waals surface area (Å²) in [5.74, 6) is -0.0126. The summed E-state index contributed by atoms with van der Waals surface area (Å²) in [5, 5.41) is 12.1. The maximum absolute atomic E-state index is 12.1. The van der Waals surface area contributed by atoms with Gasteiger partial charge in [0.25, 0.3) is 0 Å². The van der Waals surface area contributed by atoms with Crippen molar-refractivity contribution < 1.29 is 9.90 Å². The van der Waals surface area contributed by atoms with Gasteiger partial charge in [0, 0.05) is 12.4 Å². The molecule has 0 radical (unpaired) electrons. The van der Waals surface area contributed by atoms with Gasteiger partial charge in [-0.25, -0.2) is 0 Å². The molecule has 1 amide bonds. The van der Waals surface area contributed by atoms with Crippen molar-refractivity contribution >= 4 is 5.91 Å². The molecule has 21 heavy (non-hydrogen) atoms. The number of pyridine rings is 1. The van der Waals surface area contributed by atoms with Crippen molar-refractivity contribution in [2.75, 3.05) is 0 Å². The molecule has 1 heterocycles. The summed E-state index contributed by atoms with van der Waals surface area (Å²) < 4.78 is 0. The van der Waals surface area contributed by atoms with Crippen LogP contribution in [-0.4, -0.2) is 22.0 Å². The van der Waals surface area contributed by atoms with Crippen LogP contribution in [0.2, 0.25) is 0 Å². The first-order valence-electron chi connectivity index (χ1n) is 6.80. The first-order valence-corrected chi connectivity index (χ1v) is 6.80. The van der Waals surface area contributed by atoms with Gasteiger partial charge >= 0.3 is 0 Å². The molecule has 1 unspecified atom stereocenters. The fraction of sp³-hybridized carbons (Fsp3) is 0.250. The Bertz CT molecular complexity index is 584. The third-order valence-corrected chi connectivity index (χ3v) is 3.27. The molecular weight excluding hydrogens is 266 g/mol. The molecule has 0 spiro atoms. The second-order valence-electron chi connectivity index (χ2n) is 4.99. The smallest absolute Gasteiger partial charge is 0.237 e. The van der Waals surface area contributed by atoms with Gasteiger partial charge in [-0.1, -0.05) is 18.2 Å². The van der Waals surface area contributed by atoms with Crippen LogP contribution in [0.25, 0.3) is 0 Å². The van der Waals surface area contributed by atoms with Crippen molar-refractivity contribution in [2.45, 2.75) is 25.4 Å². The van der Waals surface area contributed by atoms with Crippen LogP contribution in [0.15, 0.2) is 48.8 Å². The number of aromatic nitrogens is 1. The summed E-state index contributed by atoms with van der Waals surface area (Å²) in [4.78, 5) is 16.1. The molecule has 110 valence electrons. The fourth-order valence-electron chi connectivity index (χ4n) is 2.01. The van der Waals surface area contributed by atoms with E-state index in [4.69, 9.17) is 5.73 Å². The number of amides is 1. The number of nitrogens with one attached hydrogen (secondary N) is 1. The quantitative estimate of drug-likeness (QED) is 0.777. The minimum Gasteiger partial charge on any atom is -0.508 e. The lowest BCUT2D eigenvalue weighted by molar-refractivity contribution is -0.123. The minimum atomic E-state index is -0.631. The molecule has 1 aromatic heterocycles. The highest BCUT2D eigenvalue weighted by atomic mass is 16.3. The Labute approximate surface area is 123 Å². The Hall–Kier alpha value is -2.40. The summed E-state index contributed by atoms with van der Waals surface area (Å²) in [7, 11) is 0. The maximum atomic E-state index is 12.1. The van der Waals surface area contributed by atoms with Gasteiger partial charge in [0.15, 0.2) is 0 Å². The van der Waals surface area contributed by atoms with Crippen LogP contribution in [0.1, 0.15) is 24.1 Å². The maximum Gasteiger partial charge on any atom is 0.237 e. The van der Waals surface area contributed by atoms with Gasteiger partial charge in [0.1, 0.15) is 5.75 Å². The number of hydrogen-bond acceptors (Lipinski definition) is 4. The van der Waals surface area contributed by atoms with Crippen LogP contribution in [-0.2, 0) is 11.2 Å². The summed E-state index contributed by atoms with van der Waals surface area (Å²) in [5.41, 5.74) is 7.76. The summed E-state index contributed by atoms with van der Waals surface area (Å²) in [6.45, 7) is 1.89. The van der Waals surface area contributed by atoms with Crippen molar-refractivity contribution in [2.24, 2.45) is 5.73 Å². The first kappa shape index (κ1) is 15.0. The van der Waals surface area contributed by atoms with Gasteiger partial charge < -0.3 is 16.2 Å². The molecule has 0 aliphatic heterocycles. The molecule has 2 rings (SSSR count). The lowest BCUT2D eigenvalue weighted by Gasteiger charge is -2.17. The van der Waals surface area contributed by atoms with E-state index in [1.165, 1.54) is 0 Å². The lowest BCUT2D eigenvalue weighted by Crippen LogP contribution is -2.42. The lowest BCUT2D eigenvalue weighted by atomic mass is 10.0. The number of hydrogen-bond donors (Lipinski definition) is 3. The number of phenolic OH excluding ortho intramolecular Hbond substituents is 1. The summed E-state index contributed by atoms with van der Waals surface area (Å²) in [6.07, 6.45) is 3.83. The zero-order valence-corrected chi connectivity index (χ0v) is 11.9. The average molecular weight is 285 g/mol. The number of carbonyl (C=O) groups is 1. The Morgan fingerprint density at radius 2 is 2.05 bits per heavy atom. The number of aromatic hydroxyl groups is 1. The summed E-state index contributed by atoms with van der Waals surface area (Å²) in [6, 6.07) is 9.64. The van der Waals surface area contributed by atoms with Crippen molar-refractivity contribution in [1.82, 2.24) is 10.3 Å². The Kier molecular flexibility index (Phi) is 4.90. The summed E-state index contributed by atoms with van der Waals surface area (Å²) >= 11 is 0. The molecule has 5 heteroatoms. The molecule has 0 saturated carbocycles. The number of nitrogens with two attached hydrogens (primary N) is 1. The fourth-order valence-corrected chi connectivity index (χ4v) is 2.01. The van der Waals surface area contributed by atoms with Gasteiger partial charge in [-0.05, 0) is 42.7 Å². The van der Waals surface area contributed by atoms with Gasteiger partial charge in [-0.3, -0.25) is 9.78 Å². The number of nitrogens with zero attached hydrogens (tertiary/aromatic N) is 1. The highest BCUT2D eigenvalue weighted by Gasteiger charge is 2.17. The van der Waals surface area contributed by atoms with E-state index in [-0.39, 0.29) is 17.7 Å². The van der Waals surface area contributed by atoms with Gasteiger partial charge in [0.2, 0.25) is 5.91 Å². The van der Waals surface area contributed by atoms with Crippen molar-refractivity contribution in [1.29, 1.82) is 0 Å². The largest absolute Gasteiger partial charge is 0.508 e. The van der Waals surface area contributed by atoms with Crippen molar-refractivity contribution in [3.8, 4) is 5.75 Å². The van der Waals surface area contributed by atoms with Gasteiger partial charge in [0.05, 0.1) is 12.1 Å².